The van der Waals surface area contributed by atoms with Crippen LogP contribution in [0, 0.1) is 23.5 Å². The van der Waals surface area contributed by atoms with E-state index in [9.17, 15) is 13.6 Å². The lowest BCUT2D eigenvalue weighted by molar-refractivity contribution is -0.121. The Morgan fingerprint density at radius 1 is 1.48 bits per heavy atom. The van der Waals surface area contributed by atoms with E-state index in [1.54, 1.807) is 6.20 Å². The Morgan fingerprint density at radius 2 is 2.26 bits per heavy atom. The van der Waals surface area contributed by atoms with Crippen molar-refractivity contribution in [1.82, 2.24) is 10.3 Å². The molecule has 1 saturated heterocycles. The first-order valence-electron chi connectivity index (χ1n) is 7.43. The van der Waals surface area contributed by atoms with E-state index < -0.39 is 11.6 Å². The zero-order valence-electron chi connectivity index (χ0n) is 12.6. The average molecular weight is 337 g/mol. The van der Waals surface area contributed by atoms with E-state index in [2.05, 4.69) is 15.6 Å². The third-order valence-corrected chi connectivity index (χ3v) is 5.01. The molecular weight excluding hydrogens is 320 g/mol. The van der Waals surface area contributed by atoms with Gasteiger partial charge in [0.1, 0.15) is 11.6 Å². The number of amides is 1. The quantitative estimate of drug-likeness (QED) is 0.882. The minimum absolute atomic E-state index is 0.0506. The Bertz CT molecular complexity index is 715. The lowest BCUT2D eigenvalue weighted by atomic mass is 9.88. The standard InChI is InChI=1S/C16H17F2N3OS/c1-9(11-6-19-7-11)15(22)21-16-20-8-13(23-16)4-10-2-3-12(17)5-14(10)18/h2-3,5,8-9,11,19H,4,6-7H2,1H3,(H,20,21,22). The maximum Gasteiger partial charge on any atom is 0.229 e. The third-order valence-electron chi connectivity index (χ3n) is 4.10. The van der Waals surface area contributed by atoms with Gasteiger partial charge in [-0.3, -0.25) is 4.79 Å². The van der Waals surface area contributed by atoms with Gasteiger partial charge in [0.05, 0.1) is 0 Å². The van der Waals surface area contributed by atoms with Crippen LogP contribution in [-0.4, -0.2) is 24.0 Å². The number of nitrogens with zero attached hydrogens (tertiary/aromatic N) is 1. The van der Waals surface area contributed by atoms with Crippen molar-refractivity contribution in [2.75, 3.05) is 18.4 Å². The number of aromatic nitrogens is 1. The smallest absolute Gasteiger partial charge is 0.229 e. The van der Waals surface area contributed by atoms with Gasteiger partial charge in [-0.2, -0.15) is 0 Å². The monoisotopic (exact) mass is 337 g/mol. The number of anilines is 1. The van der Waals surface area contributed by atoms with Gasteiger partial charge in [0.15, 0.2) is 5.13 Å². The molecule has 7 heteroatoms. The van der Waals surface area contributed by atoms with Crippen molar-refractivity contribution in [2.24, 2.45) is 11.8 Å². The molecule has 1 aromatic carbocycles. The maximum atomic E-state index is 13.7. The molecule has 3 rings (SSSR count). The van der Waals surface area contributed by atoms with E-state index >= 15 is 0 Å². The molecule has 23 heavy (non-hydrogen) atoms. The van der Waals surface area contributed by atoms with Crippen molar-refractivity contribution in [3.63, 3.8) is 0 Å². The molecule has 1 aliphatic heterocycles. The van der Waals surface area contributed by atoms with Gasteiger partial charge in [-0.25, -0.2) is 13.8 Å². The SMILES string of the molecule is CC(C(=O)Nc1ncc(Cc2ccc(F)cc2F)s1)C1CNC1. The zero-order valence-corrected chi connectivity index (χ0v) is 13.4. The Labute approximate surface area is 136 Å². The molecule has 1 atom stereocenters. The fraction of sp³-hybridized carbons (Fsp3) is 0.375. The molecule has 4 nitrogen and oxygen atoms in total. The summed E-state index contributed by atoms with van der Waals surface area (Å²) in [4.78, 5) is 17.1. The van der Waals surface area contributed by atoms with E-state index in [0.717, 1.165) is 24.0 Å². The van der Waals surface area contributed by atoms with Gasteiger partial charge in [0.2, 0.25) is 5.91 Å². The van der Waals surface area contributed by atoms with Crippen LogP contribution < -0.4 is 10.6 Å². The highest BCUT2D eigenvalue weighted by Gasteiger charge is 2.29. The first-order chi connectivity index (χ1) is 11.0. The number of nitrogens with one attached hydrogen (secondary N) is 2. The van der Waals surface area contributed by atoms with Crippen LogP contribution in [0.3, 0.4) is 0 Å². The van der Waals surface area contributed by atoms with Crippen molar-refractivity contribution in [1.29, 1.82) is 0 Å². The minimum atomic E-state index is -0.594. The summed E-state index contributed by atoms with van der Waals surface area (Å²) >= 11 is 1.30. The highest BCUT2D eigenvalue weighted by molar-refractivity contribution is 7.15. The van der Waals surface area contributed by atoms with E-state index in [-0.39, 0.29) is 11.8 Å². The van der Waals surface area contributed by atoms with E-state index in [1.807, 2.05) is 6.92 Å². The second-order valence-corrected chi connectivity index (χ2v) is 6.86. The molecule has 0 bridgehead atoms. The van der Waals surface area contributed by atoms with Gasteiger partial charge >= 0.3 is 0 Å². The first-order valence-corrected chi connectivity index (χ1v) is 8.25. The van der Waals surface area contributed by atoms with Crippen LogP contribution in [0.1, 0.15) is 17.4 Å². The molecule has 2 aromatic rings. The average Bonchev–Trinajstić information content (AvgIpc) is 2.87. The van der Waals surface area contributed by atoms with Crippen LogP contribution in [0.2, 0.25) is 0 Å². The van der Waals surface area contributed by atoms with Gasteiger partial charge < -0.3 is 10.6 Å². The van der Waals surface area contributed by atoms with Crippen LogP contribution in [0.4, 0.5) is 13.9 Å². The van der Waals surface area contributed by atoms with Crippen LogP contribution in [0.25, 0.3) is 0 Å². The number of rotatable bonds is 5. The third kappa shape index (κ3) is 3.73. The number of benzene rings is 1. The normalized spacial score (nSPS) is 16.0. The van der Waals surface area contributed by atoms with Gasteiger partial charge in [-0.15, -0.1) is 11.3 Å². The number of hydrogen-bond donors (Lipinski definition) is 2. The molecule has 1 aliphatic rings. The summed E-state index contributed by atoms with van der Waals surface area (Å²) in [6.45, 7) is 3.63. The second-order valence-electron chi connectivity index (χ2n) is 5.74. The summed E-state index contributed by atoms with van der Waals surface area (Å²) in [6.07, 6.45) is 1.93. The van der Waals surface area contributed by atoms with Crippen molar-refractivity contribution in [2.45, 2.75) is 13.3 Å². The Morgan fingerprint density at radius 3 is 2.91 bits per heavy atom. The Hall–Kier alpha value is -1.86. The molecule has 1 fully saturated rings. The fourth-order valence-corrected chi connectivity index (χ4v) is 3.24. The summed E-state index contributed by atoms with van der Waals surface area (Å²) in [5.41, 5.74) is 0.404. The topological polar surface area (TPSA) is 54.0 Å². The van der Waals surface area contributed by atoms with Crippen molar-refractivity contribution < 1.29 is 13.6 Å². The number of halogens is 2. The number of carbonyl (C=O) groups is 1. The van der Waals surface area contributed by atoms with E-state index in [0.29, 0.717) is 23.0 Å². The zero-order chi connectivity index (χ0) is 16.4. The van der Waals surface area contributed by atoms with Crippen molar-refractivity contribution in [3.8, 4) is 0 Å². The Kier molecular flexibility index (Phi) is 4.68. The summed E-state index contributed by atoms with van der Waals surface area (Å²) in [5.74, 6) is -0.927. The molecule has 1 amide bonds. The molecule has 2 heterocycles. The molecule has 0 radical (unpaired) electrons. The van der Waals surface area contributed by atoms with Gasteiger partial charge in [-0.05, 0) is 30.6 Å². The predicted octanol–water partition coefficient (Wildman–Crippen LogP) is 2.81. The predicted molar refractivity (Wildman–Crippen MR) is 85.4 cm³/mol. The lowest BCUT2D eigenvalue weighted by Crippen LogP contribution is -2.48. The van der Waals surface area contributed by atoms with E-state index in [4.69, 9.17) is 0 Å². The van der Waals surface area contributed by atoms with Crippen LogP contribution in [0.15, 0.2) is 24.4 Å². The first kappa shape index (κ1) is 16.0. The summed E-state index contributed by atoms with van der Waals surface area (Å²) in [6, 6.07) is 3.53. The molecule has 1 unspecified atom stereocenters. The highest BCUT2D eigenvalue weighted by Crippen LogP contribution is 2.24. The number of carbonyl (C=O) groups excluding carboxylic acids is 1. The fourth-order valence-electron chi connectivity index (χ4n) is 2.40. The van der Waals surface area contributed by atoms with Gasteiger partial charge in [0, 0.05) is 29.5 Å². The summed E-state index contributed by atoms with van der Waals surface area (Å²) in [5, 5.41) is 6.46. The van der Waals surface area contributed by atoms with Crippen LogP contribution in [0.5, 0.6) is 0 Å². The molecule has 1 aromatic heterocycles. The summed E-state index contributed by atoms with van der Waals surface area (Å²) < 4.78 is 26.6. The molecule has 122 valence electrons. The molecule has 0 aliphatic carbocycles. The summed E-state index contributed by atoms with van der Waals surface area (Å²) in [7, 11) is 0. The molecular formula is C16H17F2N3OS. The maximum absolute atomic E-state index is 13.7. The van der Waals surface area contributed by atoms with Crippen LogP contribution >= 0.6 is 11.3 Å². The minimum Gasteiger partial charge on any atom is -0.316 e. The number of thiazole rings is 1. The number of hydrogen-bond acceptors (Lipinski definition) is 4. The van der Waals surface area contributed by atoms with Gasteiger partial charge in [-0.1, -0.05) is 13.0 Å². The molecule has 0 spiro atoms. The molecule has 0 saturated carbocycles. The van der Waals surface area contributed by atoms with Crippen molar-refractivity contribution in [3.05, 3.63) is 46.5 Å². The van der Waals surface area contributed by atoms with E-state index in [1.165, 1.54) is 23.5 Å². The van der Waals surface area contributed by atoms with Crippen molar-refractivity contribution >= 4 is 22.4 Å². The highest BCUT2D eigenvalue weighted by atomic mass is 32.1. The lowest BCUT2D eigenvalue weighted by Gasteiger charge is -2.31. The largest absolute Gasteiger partial charge is 0.316 e. The Balaban J connectivity index is 1.62. The van der Waals surface area contributed by atoms with Crippen LogP contribution in [-0.2, 0) is 11.2 Å². The molecule has 2 N–H and O–H groups in total. The second kappa shape index (κ2) is 6.72. The van der Waals surface area contributed by atoms with Gasteiger partial charge in [0.25, 0.3) is 0 Å².